The van der Waals surface area contributed by atoms with E-state index < -0.39 is 0 Å². The zero-order valence-corrected chi connectivity index (χ0v) is 12.1. The van der Waals surface area contributed by atoms with Gasteiger partial charge in [0.25, 0.3) is 0 Å². The molecule has 0 amide bonds. The van der Waals surface area contributed by atoms with E-state index in [9.17, 15) is 0 Å². The summed E-state index contributed by atoms with van der Waals surface area (Å²) in [7, 11) is 0. The molecule has 1 N–H and O–H groups in total. The van der Waals surface area contributed by atoms with Gasteiger partial charge in [0, 0.05) is 6.54 Å². The fourth-order valence-electron chi connectivity index (χ4n) is 3.09. The topological polar surface area (TPSA) is 12.0 Å². The molecular weight excluding hydrogens is 218 g/mol. The van der Waals surface area contributed by atoms with Gasteiger partial charge in [-0.25, -0.2) is 0 Å². The predicted molar refractivity (Wildman–Crippen MR) is 78.7 cm³/mol. The lowest BCUT2D eigenvalue weighted by molar-refractivity contribution is 0.247. The van der Waals surface area contributed by atoms with Crippen LogP contribution in [0.5, 0.6) is 0 Å². The molecule has 1 aliphatic rings. The largest absolute Gasteiger partial charge is 0.312 e. The fourth-order valence-corrected chi connectivity index (χ4v) is 3.09. The summed E-state index contributed by atoms with van der Waals surface area (Å²) < 4.78 is 0. The van der Waals surface area contributed by atoms with Crippen molar-refractivity contribution in [3.63, 3.8) is 0 Å². The Morgan fingerprint density at radius 1 is 1.17 bits per heavy atom. The molecule has 1 aliphatic carbocycles. The maximum Gasteiger partial charge on any atom is 0.0208 e. The minimum Gasteiger partial charge on any atom is -0.312 e. The van der Waals surface area contributed by atoms with Crippen LogP contribution in [0.1, 0.15) is 49.3 Å². The SMILES string of the molecule is Cc1cccc(CNCC2CCCCC2C)c1C. The van der Waals surface area contributed by atoms with Crippen LogP contribution in [0.25, 0.3) is 0 Å². The molecule has 1 fully saturated rings. The maximum absolute atomic E-state index is 3.67. The third kappa shape index (κ3) is 3.35. The summed E-state index contributed by atoms with van der Waals surface area (Å²) >= 11 is 0. The Labute approximate surface area is 112 Å². The highest BCUT2D eigenvalue weighted by atomic mass is 14.9. The molecular formula is C17H27N. The monoisotopic (exact) mass is 245 g/mol. The van der Waals surface area contributed by atoms with Crippen LogP contribution in [-0.2, 0) is 6.54 Å². The van der Waals surface area contributed by atoms with E-state index in [-0.39, 0.29) is 0 Å². The number of hydrogen-bond donors (Lipinski definition) is 1. The Hall–Kier alpha value is -0.820. The van der Waals surface area contributed by atoms with Gasteiger partial charge in [-0.1, -0.05) is 44.4 Å². The van der Waals surface area contributed by atoms with Crippen molar-refractivity contribution in [2.24, 2.45) is 11.8 Å². The normalized spacial score (nSPS) is 24.2. The lowest BCUT2D eigenvalue weighted by Gasteiger charge is -2.29. The zero-order chi connectivity index (χ0) is 13.0. The first-order chi connectivity index (χ1) is 8.68. The van der Waals surface area contributed by atoms with Gasteiger partial charge in [0.1, 0.15) is 0 Å². The Bertz CT molecular complexity index is 383. The average Bonchev–Trinajstić information content (AvgIpc) is 2.37. The number of hydrogen-bond acceptors (Lipinski definition) is 1. The molecule has 0 spiro atoms. The highest BCUT2D eigenvalue weighted by Crippen LogP contribution is 2.28. The molecule has 18 heavy (non-hydrogen) atoms. The van der Waals surface area contributed by atoms with Gasteiger partial charge in [-0.05, 0) is 55.3 Å². The summed E-state index contributed by atoms with van der Waals surface area (Å²) in [6.07, 6.45) is 5.71. The number of aryl methyl sites for hydroxylation is 1. The molecule has 0 saturated heterocycles. The molecule has 1 nitrogen and oxygen atoms in total. The van der Waals surface area contributed by atoms with E-state index in [1.54, 1.807) is 0 Å². The van der Waals surface area contributed by atoms with E-state index in [1.807, 2.05) is 0 Å². The smallest absolute Gasteiger partial charge is 0.0208 e. The van der Waals surface area contributed by atoms with Gasteiger partial charge in [0.2, 0.25) is 0 Å². The van der Waals surface area contributed by atoms with Crippen LogP contribution < -0.4 is 5.32 Å². The molecule has 2 unspecified atom stereocenters. The van der Waals surface area contributed by atoms with Gasteiger partial charge in [-0.15, -0.1) is 0 Å². The third-order valence-corrected chi connectivity index (χ3v) is 4.73. The molecule has 1 aromatic carbocycles. The Morgan fingerprint density at radius 3 is 2.72 bits per heavy atom. The summed E-state index contributed by atoms with van der Waals surface area (Å²) in [5.74, 6) is 1.80. The summed E-state index contributed by atoms with van der Waals surface area (Å²) in [4.78, 5) is 0. The standard InChI is InChI=1S/C17H27N/c1-13-8-6-10-17(15(13)3)12-18-11-16-9-5-4-7-14(16)2/h6,8,10,14,16,18H,4-5,7,9,11-12H2,1-3H3. The van der Waals surface area contributed by atoms with E-state index in [1.165, 1.54) is 48.9 Å². The van der Waals surface area contributed by atoms with E-state index >= 15 is 0 Å². The van der Waals surface area contributed by atoms with Crippen LogP contribution in [0.3, 0.4) is 0 Å². The van der Waals surface area contributed by atoms with E-state index in [0.717, 1.165) is 18.4 Å². The minimum atomic E-state index is 0.892. The first-order valence-electron chi connectivity index (χ1n) is 7.44. The van der Waals surface area contributed by atoms with Gasteiger partial charge in [-0.2, -0.15) is 0 Å². The second-order valence-corrected chi connectivity index (χ2v) is 6.01. The van der Waals surface area contributed by atoms with Crippen molar-refractivity contribution in [1.82, 2.24) is 5.32 Å². The highest BCUT2D eigenvalue weighted by Gasteiger charge is 2.20. The van der Waals surface area contributed by atoms with Crippen LogP contribution in [-0.4, -0.2) is 6.54 Å². The van der Waals surface area contributed by atoms with E-state index in [4.69, 9.17) is 0 Å². The average molecular weight is 245 g/mol. The number of nitrogens with one attached hydrogen (secondary N) is 1. The zero-order valence-electron chi connectivity index (χ0n) is 12.1. The number of benzene rings is 1. The van der Waals surface area contributed by atoms with Crippen LogP contribution >= 0.6 is 0 Å². The van der Waals surface area contributed by atoms with E-state index in [0.29, 0.717) is 0 Å². The van der Waals surface area contributed by atoms with E-state index in [2.05, 4.69) is 44.3 Å². The summed E-state index contributed by atoms with van der Waals surface area (Å²) in [6, 6.07) is 6.62. The fraction of sp³-hybridized carbons (Fsp3) is 0.647. The molecule has 100 valence electrons. The van der Waals surface area contributed by atoms with Gasteiger partial charge in [0.15, 0.2) is 0 Å². The molecule has 2 rings (SSSR count). The van der Waals surface area contributed by atoms with Gasteiger partial charge < -0.3 is 5.32 Å². The molecule has 0 aromatic heterocycles. The lowest BCUT2D eigenvalue weighted by atomic mass is 9.80. The van der Waals surface area contributed by atoms with Crippen molar-refractivity contribution >= 4 is 0 Å². The van der Waals surface area contributed by atoms with Crippen molar-refractivity contribution in [3.05, 3.63) is 34.9 Å². The van der Waals surface area contributed by atoms with Crippen LogP contribution in [0.15, 0.2) is 18.2 Å². The quantitative estimate of drug-likeness (QED) is 0.837. The molecule has 1 heteroatoms. The van der Waals surface area contributed by atoms with Gasteiger partial charge in [0.05, 0.1) is 0 Å². The molecule has 1 saturated carbocycles. The Morgan fingerprint density at radius 2 is 1.94 bits per heavy atom. The van der Waals surface area contributed by atoms with Gasteiger partial charge >= 0.3 is 0 Å². The van der Waals surface area contributed by atoms with Crippen molar-refractivity contribution in [3.8, 4) is 0 Å². The lowest BCUT2D eigenvalue weighted by Crippen LogP contribution is -2.29. The second-order valence-electron chi connectivity index (χ2n) is 6.01. The minimum absolute atomic E-state index is 0.892. The second kappa shape index (κ2) is 6.38. The molecule has 0 aliphatic heterocycles. The molecule has 0 heterocycles. The van der Waals surface area contributed by atoms with Gasteiger partial charge in [-0.3, -0.25) is 0 Å². The molecule has 2 atom stereocenters. The predicted octanol–water partition coefficient (Wildman–Crippen LogP) is 4.22. The van der Waals surface area contributed by atoms with Crippen molar-refractivity contribution < 1.29 is 0 Å². The van der Waals surface area contributed by atoms with Crippen LogP contribution in [0.2, 0.25) is 0 Å². The van der Waals surface area contributed by atoms with Crippen molar-refractivity contribution in [1.29, 1.82) is 0 Å². The Kier molecular flexibility index (Phi) is 4.82. The summed E-state index contributed by atoms with van der Waals surface area (Å²) in [6.45, 7) is 9.06. The molecule has 0 bridgehead atoms. The van der Waals surface area contributed by atoms with Crippen LogP contribution in [0, 0.1) is 25.7 Å². The molecule has 0 radical (unpaired) electrons. The first-order valence-corrected chi connectivity index (χ1v) is 7.44. The third-order valence-electron chi connectivity index (χ3n) is 4.73. The maximum atomic E-state index is 3.67. The summed E-state index contributed by atoms with van der Waals surface area (Å²) in [5, 5.41) is 3.67. The number of rotatable bonds is 4. The first kappa shape index (κ1) is 13.6. The molecule has 1 aromatic rings. The highest BCUT2D eigenvalue weighted by molar-refractivity contribution is 5.32. The summed E-state index contributed by atoms with van der Waals surface area (Å²) in [5.41, 5.74) is 4.31. The van der Waals surface area contributed by atoms with Crippen molar-refractivity contribution in [2.75, 3.05) is 6.54 Å². The van der Waals surface area contributed by atoms with Crippen molar-refractivity contribution in [2.45, 2.75) is 53.0 Å². The Balaban J connectivity index is 1.83. The van der Waals surface area contributed by atoms with Crippen LogP contribution in [0.4, 0.5) is 0 Å².